The molecular weight excluding hydrogens is 496 g/mol. The summed E-state index contributed by atoms with van der Waals surface area (Å²) in [5.41, 5.74) is 2.75. The molecule has 0 saturated carbocycles. The summed E-state index contributed by atoms with van der Waals surface area (Å²) in [5.74, 6) is 0.975. The third kappa shape index (κ3) is 5.28. The van der Waals surface area contributed by atoms with E-state index in [0.717, 1.165) is 22.4 Å². The molecule has 133 valence electrons. The standard InChI is InChI=1S/C14H12N2O.C5H8O2.Ir/c1-16-12-8-4-3-7-11(12)15-14(16)10-6-2-5-9-13(10)17;1-4(6)3-5(2)7;/h2-9,17H,1H3;3,6H,1-2H3;. The second kappa shape index (κ2) is 9.16. The molecule has 5 nitrogen and oxygen atoms in total. The van der Waals surface area contributed by atoms with Crippen molar-refractivity contribution in [3.8, 4) is 17.1 Å². The number of aliphatic hydroxyl groups is 1. The van der Waals surface area contributed by atoms with Crippen LogP contribution in [0, 0.1) is 0 Å². The number of allylic oxidation sites excluding steroid dienone is 2. The maximum atomic E-state index is 10.0. The predicted molar refractivity (Wildman–Crippen MR) is 94.9 cm³/mol. The van der Waals surface area contributed by atoms with Crippen molar-refractivity contribution in [1.29, 1.82) is 0 Å². The number of aromatic hydroxyl groups is 1. The fourth-order valence-corrected chi connectivity index (χ4v) is 2.34. The van der Waals surface area contributed by atoms with E-state index < -0.39 is 0 Å². The first-order chi connectivity index (χ1) is 11.4. The molecule has 25 heavy (non-hydrogen) atoms. The molecule has 0 fully saturated rings. The van der Waals surface area contributed by atoms with E-state index in [0.29, 0.717) is 0 Å². The van der Waals surface area contributed by atoms with Crippen LogP contribution in [0.25, 0.3) is 22.4 Å². The molecule has 3 rings (SSSR count). The first kappa shape index (κ1) is 20.6. The maximum Gasteiger partial charge on any atom is 0.155 e. The van der Waals surface area contributed by atoms with Crippen molar-refractivity contribution in [3.05, 3.63) is 60.4 Å². The second-order valence-electron chi connectivity index (χ2n) is 5.40. The Labute approximate surface area is 160 Å². The first-order valence-electron chi connectivity index (χ1n) is 7.48. The van der Waals surface area contributed by atoms with E-state index in [1.165, 1.54) is 19.9 Å². The minimum absolute atomic E-state index is 0. The molecule has 0 amide bonds. The largest absolute Gasteiger partial charge is 0.512 e. The van der Waals surface area contributed by atoms with Gasteiger partial charge in [-0.15, -0.1) is 0 Å². The summed E-state index contributed by atoms with van der Waals surface area (Å²) < 4.78 is 1.99. The van der Waals surface area contributed by atoms with Gasteiger partial charge in [0.1, 0.15) is 11.6 Å². The molecule has 1 heterocycles. The van der Waals surface area contributed by atoms with E-state index >= 15 is 0 Å². The van der Waals surface area contributed by atoms with Crippen LogP contribution >= 0.6 is 0 Å². The van der Waals surface area contributed by atoms with Gasteiger partial charge in [-0.25, -0.2) is 4.98 Å². The van der Waals surface area contributed by atoms with Gasteiger partial charge in [-0.05, 0) is 38.1 Å². The van der Waals surface area contributed by atoms with Crippen molar-refractivity contribution >= 4 is 16.8 Å². The predicted octanol–water partition coefficient (Wildman–Crippen LogP) is 3.98. The van der Waals surface area contributed by atoms with E-state index in [4.69, 9.17) is 5.11 Å². The first-order valence-corrected chi connectivity index (χ1v) is 7.48. The number of aryl methyl sites for hydroxylation is 1. The molecule has 0 aliphatic carbocycles. The van der Waals surface area contributed by atoms with Crippen LogP contribution in [0.2, 0.25) is 0 Å². The fourth-order valence-electron chi connectivity index (χ4n) is 2.34. The van der Waals surface area contributed by atoms with Crippen LogP contribution in [0.4, 0.5) is 0 Å². The Morgan fingerprint density at radius 1 is 1.08 bits per heavy atom. The number of benzene rings is 2. The van der Waals surface area contributed by atoms with Crippen molar-refractivity contribution < 1.29 is 35.1 Å². The van der Waals surface area contributed by atoms with Crippen LogP contribution < -0.4 is 0 Å². The summed E-state index contributed by atoms with van der Waals surface area (Å²) >= 11 is 0. The third-order valence-electron chi connectivity index (χ3n) is 3.34. The van der Waals surface area contributed by atoms with Gasteiger partial charge in [0.15, 0.2) is 5.78 Å². The van der Waals surface area contributed by atoms with Gasteiger partial charge in [0.25, 0.3) is 0 Å². The molecule has 0 aliphatic heterocycles. The van der Waals surface area contributed by atoms with Gasteiger partial charge in [0.05, 0.1) is 22.4 Å². The molecule has 2 N–H and O–H groups in total. The molecule has 2 aromatic carbocycles. The molecule has 0 spiro atoms. The summed E-state index contributed by atoms with van der Waals surface area (Å²) in [6, 6.07) is 15.2. The Kier molecular flexibility index (Phi) is 7.55. The molecule has 0 bridgehead atoms. The quantitative estimate of drug-likeness (QED) is 0.399. The van der Waals surface area contributed by atoms with Crippen molar-refractivity contribution in [2.75, 3.05) is 0 Å². The van der Waals surface area contributed by atoms with E-state index in [1.807, 2.05) is 54.1 Å². The van der Waals surface area contributed by atoms with Crippen molar-refractivity contribution in [1.82, 2.24) is 9.55 Å². The summed E-state index contributed by atoms with van der Waals surface area (Å²) in [4.78, 5) is 14.6. The Bertz CT molecular complexity index is 897. The number of nitrogens with zero attached hydrogens (tertiary/aromatic N) is 2. The molecule has 0 saturated heterocycles. The van der Waals surface area contributed by atoms with Gasteiger partial charge < -0.3 is 14.8 Å². The van der Waals surface area contributed by atoms with Crippen LogP contribution in [0.5, 0.6) is 5.75 Å². The van der Waals surface area contributed by atoms with Crippen LogP contribution in [-0.4, -0.2) is 25.5 Å². The van der Waals surface area contributed by atoms with E-state index in [-0.39, 0.29) is 37.4 Å². The number of aromatic nitrogens is 2. The second-order valence-corrected chi connectivity index (χ2v) is 5.40. The average Bonchev–Trinajstić information content (AvgIpc) is 2.84. The van der Waals surface area contributed by atoms with Crippen molar-refractivity contribution in [2.45, 2.75) is 13.8 Å². The van der Waals surface area contributed by atoms with Crippen molar-refractivity contribution in [3.63, 3.8) is 0 Å². The number of phenols is 1. The zero-order valence-corrected chi connectivity index (χ0v) is 16.6. The normalized spacial score (nSPS) is 10.6. The summed E-state index contributed by atoms with van der Waals surface area (Å²) in [5, 5.41) is 18.2. The topological polar surface area (TPSA) is 75.3 Å². The summed E-state index contributed by atoms with van der Waals surface area (Å²) in [6.45, 7) is 2.85. The number of aliphatic hydroxyl groups excluding tert-OH is 1. The molecule has 0 aliphatic rings. The molecular formula is C19H20IrN2O3. The number of carbonyl (C=O) groups excluding carboxylic acids is 1. The number of para-hydroxylation sites is 3. The minimum Gasteiger partial charge on any atom is -0.512 e. The van der Waals surface area contributed by atoms with Gasteiger partial charge >= 0.3 is 0 Å². The number of rotatable bonds is 2. The number of imidazole rings is 1. The van der Waals surface area contributed by atoms with E-state index in [9.17, 15) is 9.90 Å². The smallest absolute Gasteiger partial charge is 0.155 e. The van der Waals surface area contributed by atoms with Crippen LogP contribution in [0.15, 0.2) is 60.4 Å². The molecule has 3 aromatic rings. The average molecular weight is 517 g/mol. The molecule has 1 radical (unpaired) electrons. The van der Waals surface area contributed by atoms with E-state index in [2.05, 4.69) is 4.98 Å². The van der Waals surface area contributed by atoms with Gasteiger partial charge in [-0.1, -0.05) is 24.3 Å². The van der Waals surface area contributed by atoms with Crippen molar-refractivity contribution in [2.24, 2.45) is 7.05 Å². The molecule has 6 heteroatoms. The number of ketones is 1. The van der Waals surface area contributed by atoms with Gasteiger partial charge in [0.2, 0.25) is 0 Å². The Morgan fingerprint density at radius 2 is 1.68 bits per heavy atom. The third-order valence-corrected chi connectivity index (χ3v) is 3.34. The molecule has 0 unspecified atom stereocenters. The molecule has 0 atom stereocenters. The van der Waals surface area contributed by atoms with Gasteiger partial charge in [-0.2, -0.15) is 0 Å². The van der Waals surface area contributed by atoms with E-state index in [1.54, 1.807) is 6.07 Å². The summed E-state index contributed by atoms with van der Waals surface area (Å²) in [7, 11) is 1.96. The Hall–Kier alpha value is -2.43. The zero-order valence-electron chi connectivity index (χ0n) is 14.2. The number of hydrogen-bond donors (Lipinski definition) is 2. The summed E-state index contributed by atoms with van der Waals surface area (Å²) in [6.07, 6.45) is 1.17. The van der Waals surface area contributed by atoms with Crippen LogP contribution in [0.3, 0.4) is 0 Å². The Morgan fingerprint density at radius 3 is 2.20 bits per heavy atom. The maximum absolute atomic E-state index is 10.0. The van der Waals surface area contributed by atoms with Gasteiger partial charge in [-0.3, -0.25) is 4.79 Å². The van der Waals surface area contributed by atoms with Crippen LogP contribution in [0.1, 0.15) is 13.8 Å². The fraction of sp³-hybridized carbons (Fsp3) is 0.158. The van der Waals surface area contributed by atoms with Crippen LogP contribution in [-0.2, 0) is 31.9 Å². The minimum atomic E-state index is -0.125. The number of phenolic OH excluding ortho intramolecular Hbond substituents is 1. The SMILES string of the molecule is CC(=O)C=C(C)O.Cn1c(-c2ccccc2O)nc2ccccc21.[Ir]. The number of carbonyl (C=O) groups is 1. The number of hydrogen-bond acceptors (Lipinski definition) is 4. The Balaban J connectivity index is 0.000000339. The molecule has 1 aromatic heterocycles. The number of fused-ring (bicyclic) bond motifs is 1. The monoisotopic (exact) mass is 517 g/mol. The zero-order chi connectivity index (χ0) is 17.7. The van der Waals surface area contributed by atoms with Gasteiger partial charge in [0, 0.05) is 33.2 Å².